The lowest BCUT2D eigenvalue weighted by Gasteiger charge is -2.27. The van der Waals surface area contributed by atoms with Crippen LogP contribution in [0.5, 0.6) is 5.75 Å². The van der Waals surface area contributed by atoms with Crippen LogP contribution in [0.15, 0.2) is 24.3 Å². The van der Waals surface area contributed by atoms with E-state index in [9.17, 15) is 24.8 Å². The van der Waals surface area contributed by atoms with E-state index in [0.29, 0.717) is 26.1 Å². The predicted molar refractivity (Wildman–Crippen MR) is 86.3 cm³/mol. The van der Waals surface area contributed by atoms with Gasteiger partial charge in [-0.2, -0.15) is 0 Å². The molecule has 0 aromatic heterocycles. The molecule has 25 heavy (non-hydrogen) atoms. The Morgan fingerprint density at radius 2 is 2.12 bits per heavy atom. The van der Waals surface area contributed by atoms with Gasteiger partial charge in [-0.25, -0.2) is 0 Å². The monoisotopic (exact) mass is 352 g/mol. The summed E-state index contributed by atoms with van der Waals surface area (Å²) in [6.45, 7) is 0.717. The first-order valence-corrected chi connectivity index (χ1v) is 7.92. The number of carbonyl (C=O) groups is 2. The number of carbonyl (C=O) groups excluding carboxylic acids is 1. The Labute approximate surface area is 144 Å². The van der Waals surface area contributed by atoms with Gasteiger partial charge in [0.2, 0.25) is 0 Å². The first-order chi connectivity index (χ1) is 12.0. The van der Waals surface area contributed by atoms with Crippen LogP contribution in [-0.2, 0) is 14.3 Å². The second-order valence-electron chi connectivity index (χ2n) is 5.74. The van der Waals surface area contributed by atoms with Crippen LogP contribution in [-0.4, -0.2) is 48.3 Å². The Kier molecular flexibility index (Phi) is 6.70. The van der Waals surface area contributed by atoms with E-state index in [1.807, 2.05) is 0 Å². The van der Waals surface area contributed by atoms with Gasteiger partial charge < -0.3 is 19.9 Å². The van der Waals surface area contributed by atoms with Crippen LogP contribution < -0.4 is 10.1 Å². The fourth-order valence-electron chi connectivity index (χ4n) is 2.68. The van der Waals surface area contributed by atoms with Crippen molar-refractivity contribution >= 4 is 17.6 Å². The molecule has 1 aliphatic rings. The molecule has 0 spiro atoms. The molecule has 0 aliphatic carbocycles. The van der Waals surface area contributed by atoms with E-state index in [0.717, 1.165) is 0 Å². The molecule has 1 aromatic carbocycles. The second-order valence-corrected chi connectivity index (χ2v) is 5.74. The standard InChI is InChI=1S/C16H20N2O7/c19-15(10-25-13-3-1-2-12(8-13)18(22)23)17-9-14(16(20)21)11-4-6-24-7-5-11/h1-3,8,11,14H,4-7,9-10H2,(H,17,19)(H,20,21). The second kappa shape index (κ2) is 8.97. The van der Waals surface area contributed by atoms with E-state index in [2.05, 4.69) is 5.32 Å². The number of non-ortho nitro benzene ring substituents is 1. The van der Waals surface area contributed by atoms with E-state index in [1.165, 1.54) is 24.3 Å². The summed E-state index contributed by atoms with van der Waals surface area (Å²) in [5.41, 5.74) is -0.136. The van der Waals surface area contributed by atoms with Crippen molar-refractivity contribution in [3.63, 3.8) is 0 Å². The van der Waals surface area contributed by atoms with E-state index in [-0.39, 0.29) is 30.5 Å². The molecule has 0 bridgehead atoms. The summed E-state index contributed by atoms with van der Waals surface area (Å²) >= 11 is 0. The maximum atomic E-state index is 11.9. The number of nitrogens with one attached hydrogen (secondary N) is 1. The molecular weight excluding hydrogens is 332 g/mol. The zero-order chi connectivity index (χ0) is 18.2. The summed E-state index contributed by atoms with van der Waals surface area (Å²) < 4.78 is 10.4. The van der Waals surface area contributed by atoms with Crippen molar-refractivity contribution in [3.05, 3.63) is 34.4 Å². The maximum Gasteiger partial charge on any atom is 0.308 e. The number of nitro benzene ring substituents is 1. The molecule has 1 aromatic rings. The molecule has 2 rings (SSSR count). The SMILES string of the molecule is O=C(COc1cccc([N+](=O)[O-])c1)NCC(C(=O)O)C1CCOCC1. The Morgan fingerprint density at radius 3 is 2.76 bits per heavy atom. The van der Waals surface area contributed by atoms with Gasteiger partial charge in [0.1, 0.15) is 5.75 Å². The van der Waals surface area contributed by atoms with E-state index in [1.54, 1.807) is 0 Å². The quantitative estimate of drug-likeness (QED) is 0.531. The molecule has 1 atom stereocenters. The number of hydrogen-bond acceptors (Lipinski definition) is 6. The predicted octanol–water partition coefficient (Wildman–Crippen LogP) is 1.22. The Balaban J connectivity index is 1.81. The Bertz CT molecular complexity index is 629. The van der Waals surface area contributed by atoms with Crippen molar-refractivity contribution in [2.45, 2.75) is 12.8 Å². The molecule has 1 unspecified atom stereocenters. The molecule has 1 saturated heterocycles. The van der Waals surface area contributed by atoms with Crippen LogP contribution in [0.3, 0.4) is 0 Å². The van der Waals surface area contributed by atoms with Gasteiger partial charge in [-0.3, -0.25) is 19.7 Å². The third kappa shape index (κ3) is 5.71. The molecule has 1 aliphatic heterocycles. The minimum atomic E-state index is -0.952. The summed E-state index contributed by atoms with van der Waals surface area (Å²) in [4.78, 5) is 33.4. The summed E-state index contributed by atoms with van der Waals surface area (Å²) in [6, 6.07) is 5.49. The minimum absolute atomic E-state index is 0.0110. The number of hydrogen-bond donors (Lipinski definition) is 2. The zero-order valence-corrected chi connectivity index (χ0v) is 13.6. The van der Waals surface area contributed by atoms with Gasteiger partial charge in [0, 0.05) is 25.8 Å². The number of nitrogens with zero attached hydrogens (tertiary/aromatic N) is 1. The van der Waals surface area contributed by atoms with Crippen LogP contribution in [0.25, 0.3) is 0 Å². The number of nitro groups is 1. The average molecular weight is 352 g/mol. The number of aliphatic carboxylic acids is 1. The summed E-state index contributed by atoms with van der Waals surface area (Å²) in [7, 11) is 0. The van der Waals surface area contributed by atoms with Gasteiger partial charge in [0.15, 0.2) is 6.61 Å². The highest BCUT2D eigenvalue weighted by Crippen LogP contribution is 2.24. The van der Waals surface area contributed by atoms with Gasteiger partial charge in [-0.1, -0.05) is 6.07 Å². The van der Waals surface area contributed by atoms with Gasteiger partial charge in [-0.05, 0) is 24.8 Å². The molecule has 136 valence electrons. The van der Waals surface area contributed by atoms with Gasteiger partial charge >= 0.3 is 5.97 Å². The number of ether oxygens (including phenoxy) is 2. The van der Waals surface area contributed by atoms with E-state index < -0.39 is 22.7 Å². The van der Waals surface area contributed by atoms with Gasteiger partial charge in [-0.15, -0.1) is 0 Å². The Hall–Kier alpha value is -2.68. The minimum Gasteiger partial charge on any atom is -0.484 e. The lowest BCUT2D eigenvalue weighted by molar-refractivity contribution is -0.384. The van der Waals surface area contributed by atoms with E-state index >= 15 is 0 Å². The molecule has 0 radical (unpaired) electrons. The lowest BCUT2D eigenvalue weighted by Crippen LogP contribution is -2.40. The number of carboxylic acids is 1. The highest BCUT2D eigenvalue weighted by Gasteiger charge is 2.30. The third-order valence-corrected chi connectivity index (χ3v) is 4.07. The molecule has 0 saturated carbocycles. The molecule has 1 heterocycles. The van der Waals surface area contributed by atoms with Crippen LogP contribution >= 0.6 is 0 Å². The summed E-state index contributed by atoms with van der Waals surface area (Å²) in [5.74, 6) is -1.95. The largest absolute Gasteiger partial charge is 0.484 e. The van der Waals surface area contributed by atoms with Crippen LogP contribution in [0.1, 0.15) is 12.8 Å². The molecule has 1 amide bonds. The fourth-order valence-corrected chi connectivity index (χ4v) is 2.68. The first kappa shape index (κ1) is 18.7. The molecular formula is C16H20N2O7. The van der Waals surface area contributed by atoms with Crippen LogP contribution in [0.4, 0.5) is 5.69 Å². The Morgan fingerprint density at radius 1 is 1.40 bits per heavy atom. The van der Waals surface area contributed by atoms with Gasteiger partial charge in [0.05, 0.1) is 16.9 Å². The van der Waals surface area contributed by atoms with Crippen molar-refractivity contribution in [2.24, 2.45) is 11.8 Å². The number of carboxylic acid groups (broad SMARTS) is 1. The van der Waals surface area contributed by atoms with Crippen LogP contribution in [0.2, 0.25) is 0 Å². The number of amides is 1. The molecule has 2 N–H and O–H groups in total. The summed E-state index contributed by atoms with van der Waals surface area (Å²) in [5, 5.41) is 22.6. The smallest absolute Gasteiger partial charge is 0.308 e. The fraction of sp³-hybridized carbons (Fsp3) is 0.500. The zero-order valence-electron chi connectivity index (χ0n) is 13.6. The average Bonchev–Trinajstić information content (AvgIpc) is 2.61. The molecule has 9 nitrogen and oxygen atoms in total. The highest BCUT2D eigenvalue weighted by molar-refractivity contribution is 5.78. The topological polar surface area (TPSA) is 128 Å². The highest BCUT2D eigenvalue weighted by atomic mass is 16.6. The maximum absolute atomic E-state index is 11.9. The van der Waals surface area contributed by atoms with Gasteiger partial charge in [0.25, 0.3) is 11.6 Å². The van der Waals surface area contributed by atoms with Crippen molar-refractivity contribution in [2.75, 3.05) is 26.4 Å². The third-order valence-electron chi connectivity index (χ3n) is 4.07. The van der Waals surface area contributed by atoms with E-state index in [4.69, 9.17) is 9.47 Å². The van der Waals surface area contributed by atoms with Crippen molar-refractivity contribution in [1.29, 1.82) is 0 Å². The normalized spacial score (nSPS) is 16.0. The van der Waals surface area contributed by atoms with Crippen molar-refractivity contribution < 1.29 is 29.1 Å². The van der Waals surface area contributed by atoms with Crippen LogP contribution in [0, 0.1) is 22.0 Å². The number of rotatable bonds is 8. The molecule has 9 heteroatoms. The van der Waals surface area contributed by atoms with Crippen molar-refractivity contribution in [1.82, 2.24) is 5.32 Å². The summed E-state index contributed by atoms with van der Waals surface area (Å²) in [6.07, 6.45) is 1.30. The lowest BCUT2D eigenvalue weighted by atomic mass is 9.86. The number of benzene rings is 1. The first-order valence-electron chi connectivity index (χ1n) is 7.92. The van der Waals surface area contributed by atoms with Crippen molar-refractivity contribution in [3.8, 4) is 5.75 Å². The molecule has 1 fully saturated rings.